The van der Waals surface area contributed by atoms with Gasteiger partial charge in [0.2, 0.25) is 5.91 Å². The Labute approximate surface area is 166 Å². The molecule has 8 heteroatoms. The first-order chi connectivity index (χ1) is 13.6. The van der Waals surface area contributed by atoms with E-state index in [2.05, 4.69) is 27.1 Å². The van der Waals surface area contributed by atoms with Crippen LogP contribution in [0.3, 0.4) is 0 Å². The smallest absolute Gasteiger partial charge is 0.238 e. The van der Waals surface area contributed by atoms with E-state index in [1.807, 2.05) is 23.6 Å². The predicted molar refractivity (Wildman–Crippen MR) is 108 cm³/mol. The maximum Gasteiger partial charge on any atom is 0.238 e. The zero-order chi connectivity index (χ0) is 19.9. The number of hydrogen-bond donors (Lipinski definition) is 1. The Bertz CT molecular complexity index is 960. The number of amides is 1. The molecule has 0 radical (unpaired) electrons. The van der Waals surface area contributed by atoms with Crippen molar-refractivity contribution in [1.29, 1.82) is 0 Å². The summed E-state index contributed by atoms with van der Waals surface area (Å²) < 4.78 is 15.7. The van der Waals surface area contributed by atoms with Crippen LogP contribution in [-0.2, 0) is 11.3 Å². The number of carbonyl (C=O) groups excluding carboxylic acids is 1. The molecule has 3 aromatic rings. The van der Waals surface area contributed by atoms with Crippen LogP contribution < -0.4 is 5.32 Å². The van der Waals surface area contributed by atoms with Gasteiger partial charge in [-0.2, -0.15) is 0 Å². The monoisotopic (exact) mass is 397 g/mol. The van der Waals surface area contributed by atoms with Gasteiger partial charge in [0, 0.05) is 24.5 Å². The van der Waals surface area contributed by atoms with Crippen LogP contribution in [0.5, 0.6) is 0 Å². The molecule has 1 aromatic carbocycles. The summed E-state index contributed by atoms with van der Waals surface area (Å²) in [6.07, 6.45) is 5.69. The first-order valence-electron chi connectivity index (χ1n) is 8.80. The normalized spacial score (nSPS) is 11.8. The zero-order valence-corrected chi connectivity index (χ0v) is 16.2. The first kappa shape index (κ1) is 19.8. The third kappa shape index (κ3) is 4.45. The number of rotatable bonds is 8. The average molecular weight is 397 g/mol. The Morgan fingerprint density at radius 2 is 2.14 bits per heavy atom. The maximum atomic E-state index is 13.8. The second kappa shape index (κ2) is 9.27. The Balaban J connectivity index is 1.82. The third-order valence-electron chi connectivity index (χ3n) is 3.99. The molecule has 0 aliphatic carbocycles. The van der Waals surface area contributed by atoms with Gasteiger partial charge in [-0.25, -0.2) is 4.39 Å². The van der Waals surface area contributed by atoms with Crippen LogP contribution in [-0.4, -0.2) is 30.9 Å². The summed E-state index contributed by atoms with van der Waals surface area (Å²) >= 11 is 1.29. The van der Waals surface area contributed by atoms with Crippen LogP contribution in [0.4, 0.5) is 10.1 Å². The molecule has 0 saturated carbocycles. The summed E-state index contributed by atoms with van der Waals surface area (Å²) in [6, 6.07) is 9.82. The molecule has 0 aliphatic rings. The van der Waals surface area contributed by atoms with Crippen LogP contribution in [0.2, 0.25) is 0 Å². The number of thioether (sulfide) groups is 1. The van der Waals surface area contributed by atoms with Gasteiger partial charge in [0.05, 0.1) is 10.9 Å². The van der Waals surface area contributed by atoms with Gasteiger partial charge in [0.1, 0.15) is 5.82 Å². The number of pyridine rings is 1. The molecule has 1 amide bonds. The van der Waals surface area contributed by atoms with Crippen LogP contribution in [0.25, 0.3) is 11.4 Å². The Hall–Kier alpha value is -3.00. The first-order valence-corrected chi connectivity index (χ1v) is 9.68. The quantitative estimate of drug-likeness (QED) is 0.456. The van der Waals surface area contributed by atoms with Gasteiger partial charge in [-0.05, 0) is 30.7 Å². The number of allylic oxidation sites excluding steroid dienone is 1. The Morgan fingerprint density at radius 3 is 2.82 bits per heavy atom. The summed E-state index contributed by atoms with van der Waals surface area (Å²) in [7, 11) is 0. The topological polar surface area (TPSA) is 72.7 Å². The molecule has 0 aliphatic heterocycles. The lowest BCUT2D eigenvalue weighted by Crippen LogP contribution is -2.25. The lowest BCUT2D eigenvalue weighted by molar-refractivity contribution is -0.115. The van der Waals surface area contributed by atoms with Crippen LogP contribution >= 0.6 is 11.8 Å². The zero-order valence-electron chi connectivity index (χ0n) is 15.4. The third-order valence-corrected chi connectivity index (χ3v) is 5.34. The van der Waals surface area contributed by atoms with Crippen molar-refractivity contribution in [2.45, 2.75) is 30.3 Å². The number of carbonyl (C=O) groups is 1. The van der Waals surface area contributed by atoms with E-state index in [0.717, 1.165) is 5.56 Å². The van der Waals surface area contributed by atoms with Gasteiger partial charge in [-0.15, -0.1) is 16.8 Å². The molecule has 1 N–H and O–H groups in total. The van der Waals surface area contributed by atoms with E-state index >= 15 is 0 Å². The van der Waals surface area contributed by atoms with Gasteiger partial charge in [-0.1, -0.05) is 36.9 Å². The number of anilines is 1. The fourth-order valence-corrected chi connectivity index (χ4v) is 3.57. The summed E-state index contributed by atoms with van der Waals surface area (Å²) in [5, 5.41) is 11.3. The minimum atomic E-state index is -0.468. The standard InChI is InChI=1S/C20H20FN5OS/c1-3-12-26-18(14-8-7-11-22-13-14)24-25-20(26)28-17(4-2)19(27)23-16-10-6-5-9-15(16)21/h3,5-11,13,17H,1,4,12H2,2H3,(H,23,27)/t17-/m0/s1. The number of benzene rings is 1. The molecule has 0 saturated heterocycles. The molecule has 2 heterocycles. The van der Waals surface area contributed by atoms with Crippen molar-refractivity contribution in [2.75, 3.05) is 5.32 Å². The molecule has 0 spiro atoms. The highest BCUT2D eigenvalue weighted by Crippen LogP contribution is 2.29. The molecule has 28 heavy (non-hydrogen) atoms. The summed E-state index contributed by atoms with van der Waals surface area (Å²) in [5.74, 6) is -0.0991. The van der Waals surface area contributed by atoms with Crippen LogP contribution in [0.15, 0.2) is 66.6 Å². The van der Waals surface area contributed by atoms with Gasteiger partial charge < -0.3 is 5.32 Å². The molecule has 2 aromatic heterocycles. The number of aromatic nitrogens is 4. The second-order valence-electron chi connectivity index (χ2n) is 5.93. The summed E-state index contributed by atoms with van der Waals surface area (Å²) in [6.45, 7) is 6.18. The van der Waals surface area contributed by atoms with E-state index in [-0.39, 0.29) is 11.6 Å². The lowest BCUT2D eigenvalue weighted by Gasteiger charge is -2.15. The van der Waals surface area contributed by atoms with E-state index in [1.165, 1.54) is 23.9 Å². The van der Waals surface area contributed by atoms with Gasteiger partial charge in [0.25, 0.3) is 0 Å². The van der Waals surface area contributed by atoms with Crippen molar-refractivity contribution in [3.63, 3.8) is 0 Å². The van der Waals surface area contributed by atoms with E-state index < -0.39 is 11.1 Å². The molecule has 0 bridgehead atoms. The molecular formula is C20H20FN5OS. The summed E-state index contributed by atoms with van der Waals surface area (Å²) in [4.78, 5) is 16.8. The molecule has 6 nitrogen and oxygen atoms in total. The molecule has 144 valence electrons. The molecule has 0 unspecified atom stereocenters. The van der Waals surface area contributed by atoms with E-state index in [0.29, 0.717) is 23.9 Å². The van der Waals surface area contributed by atoms with Crippen molar-refractivity contribution in [2.24, 2.45) is 0 Å². The highest BCUT2D eigenvalue weighted by molar-refractivity contribution is 8.00. The van der Waals surface area contributed by atoms with Crippen molar-refractivity contribution in [3.8, 4) is 11.4 Å². The molecular weight excluding hydrogens is 377 g/mol. The van der Waals surface area contributed by atoms with Crippen LogP contribution in [0.1, 0.15) is 13.3 Å². The van der Waals surface area contributed by atoms with Crippen molar-refractivity contribution in [1.82, 2.24) is 19.7 Å². The van der Waals surface area contributed by atoms with Gasteiger partial charge in [0.15, 0.2) is 11.0 Å². The maximum absolute atomic E-state index is 13.8. The molecule has 0 fully saturated rings. The predicted octanol–water partition coefficient (Wildman–Crippen LogP) is 4.17. The van der Waals surface area contributed by atoms with Crippen molar-refractivity contribution < 1.29 is 9.18 Å². The number of nitrogens with one attached hydrogen (secondary N) is 1. The van der Waals surface area contributed by atoms with Gasteiger partial charge >= 0.3 is 0 Å². The number of halogens is 1. The van der Waals surface area contributed by atoms with E-state index in [9.17, 15) is 9.18 Å². The van der Waals surface area contributed by atoms with Crippen molar-refractivity contribution in [3.05, 3.63) is 67.3 Å². The molecule has 1 atom stereocenters. The minimum Gasteiger partial charge on any atom is -0.323 e. The van der Waals surface area contributed by atoms with Gasteiger partial charge in [-0.3, -0.25) is 14.3 Å². The number of nitrogens with zero attached hydrogens (tertiary/aromatic N) is 4. The van der Waals surface area contributed by atoms with E-state index in [1.54, 1.807) is 30.6 Å². The lowest BCUT2D eigenvalue weighted by atomic mass is 10.2. The number of para-hydroxylation sites is 1. The molecule has 3 rings (SSSR count). The number of hydrogen-bond acceptors (Lipinski definition) is 5. The average Bonchev–Trinajstić information content (AvgIpc) is 3.11. The fraction of sp³-hybridized carbons (Fsp3) is 0.200. The van der Waals surface area contributed by atoms with Crippen LogP contribution in [0, 0.1) is 5.82 Å². The second-order valence-corrected chi connectivity index (χ2v) is 7.10. The Kier molecular flexibility index (Phi) is 6.54. The summed E-state index contributed by atoms with van der Waals surface area (Å²) in [5.41, 5.74) is 0.989. The SMILES string of the molecule is C=CCn1c(S[C@@H](CC)C(=O)Nc2ccccc2F)nnc1-c1cccnc1. The van der Waals surface area contributed by atoms with E-state index in [4.69, 9.17) is 0 Å². The highest BCUT2D eigenvalue weighted by Gasteiger charge is 2.23. The minimum absolute atomic E-state index is 0.162. The van der Waals surface area contributed by atoms with Crippen molar-refractivity contribution >= 4 is 23.4 Å². The fourth-order valence-electron chi connectivity index (χ4n) is 2.60. The Morgan fingerprint density at radius 1 is 1.32 bits per heavy atom. The largest absolute Gasteiger partial charge is 0.323 e. The highest BCUT2D eigenvalue weighted by atomic mass is 32.2.